The summed E-state index contributed by atoms with van der Waals surface area (Å²) >= 11 is 7.77. The number of hydrogen-bond donors (Lipinski definition) is 1. The van der Waals surface area contributed by atoms with E-state index in [9.17, 15) is 18.8 Å². The van der Waals surface area contributed by atoms with Gasteiger partial charge in [0.1, 0.15) is 53.7 Å². The van der Waals surface area contributed by atoms with E-state index in [1.807, 2.05) is 17.9 Å². The van der Waals surface area contributed by atoms with Gasteiger partial charge >= 0.3 is 12.0 Å². The number of rotatable bonds is 7. The highest BCUT2D eigenvalue weighted by Gasteiger charge is 2.49. The third kappa shape index (κ3) is 5.49. The van der Waals surface area contributed by atoms with Crippen molar-refractivity contribution in [3.8, 4) is 23.2 Å². The molecule has 2 N–H and O–H groups in total. The molecule has 3 saturated heterocycles. The Morgan fingerprint density at radius 3 is 2.88 bits per heavy atom. The summed E-state index contributed by atoms with van der Waals surface area (Å²) in [7, 11) is 0. The zero-order chi connectivity index (χ0) is 35.6. The maximum Gasteiger partial charge on any atom is 0.346 e. The number of likely N-dealkylation sites (N-methyl/N-ethyl adjacent to an activating group) is 1. The lowest BCUT2D eigenvalue weighted by molar-refractivity contribution is 0.107. The first kappa shape index (κ1) is 33.4. The molecule has 0 spiro atoms. The number of benzene rings is 2. The van der Waals surface area contributed by atoms with E-state index in [0.29, 0.717) is 50.2 Å². The molecule has 3 aliphatic rings. The highest BCUT2D eigenvalue weighted by molar-refractivity contribution is 7.23. The van der Waals surface area contributed by atoms with Crippen LogP contribution >= 0.6 is 22.9 Å². The molecule has 0 aliphatic carbocycles. The van der Waals surface area contributed by atoms with Gasteiger partial charge in [-0.15, -0.1) is 11.3 Å². The van der Waals surface area contributed by atoms with Crippen molar-refractivity contribution in [1.82, 2.24) is 34.5 Å². The Hall–Kier alpha value is -4.72. The number of nitrogens with zero attached hydrogens (tertiary/aromatic N) is 9. The Morgan fingerprint density at radius 1 is 1.27 bits per heavy atom. The second-order valence-electron chi connectivity index (χ2n) is 13.2. The summed E-state index contributed by atoms with van der Waals surface area (Å²) in [6.07, 6.45) is 4.26. The quantitative estimate of drug-likeness (QED) is 0.211. The molecule has 5 aromatic rings. The first-order valence-corrected chi connectivity index (χ1v) is 17.8. The van der Waals surface area contributed by atoms with Crippen LogP contribution < -0.4 is 15.4 Å². The number of nitriles is 1. The lowest BCUT2D eigenvalue weighted by atomic mass is 9.95. The van der Waals surface area contributed by atoms with Crippen LogP contribution in [0.15, 0.2) is 30.9 Å². The molecule has 1 amide bonds. The number of nitrogen functional groups attached to an aromatic ring is 1. The predicted molar refractivity (Wildman–Crippen MR) is 187 cm³/mol. The van der Waals surface area contributed by atoms with E-state index in [1.54, 1.807) is 11.0 Å². The zero-order valence-corrected chi connectivity index (χ0v) is 29.0. The highest BCUT2D eigenvalue weighted by atomic mass is 35.5. The minimum atomic E-state index is -0.968. The fourth-order valence-electron chi connectivity index (χ4n) is 8.05. The molecule has 264 valence electrons. The van der Waals surface area contributed by atoms with Crippen molar-refractivity contribution in [2.45, 2.75) is 50.4 Å². The average Bonchev–Trinajstić information content (AvgIpc) is 3.94. The van der Waals surface area contributed by atoms with Gasteiger partial charge in [-0.25, -0.2) is 22.9 Å². The van der Waals surface area contributed by atoms with Crippen molar-refractivity contribution in [3.63, 3.8) is 0 Å². The molecule has 0 bridgehead atoms. The van der Waals surface area contributed by atoms with Crippen molar-refractivity contribution in [2.24, 2.45) is 0 Å². The molecule has 3 aliphatic heterocycles. The van der Waals surface area contributed by atoms with Crippen LogP contribution in [0, 0.1) is 23.0 Å². The predicted octanol–water partition coefficient (Wildman–Crippen LogP) is 6.01. The maximum absolute atomic E-state index is 17.1. The van der Waals surface area contributed by atoms with E-state index in [4.69, 9.17) is 27.1 Å². The number of thiophene rings is 1. The molecule has 3 aromatic heterocycles. The monoisotopic (exact) mass is 736 g/mol. The summed E-state index contributed by atoms with van der Waals surface area (Å²) in [6, 6.07) is 5.49. The standard InChI is InChI=1S/C34H32ClF3N10O2S/c1-2-47(33(49)48-17-41-16-42-48)19-6-9-45(14-19)31-21-10-23(35)26(20-4-5-24(37)29-25(20)22(12-39)30(40)51-29)27(38)28(21)43-32(44-31)50-15-34-7-3-8-46(34)13-18(36)11-34/h4-5,10,16-19H,2-3,6-9,11,13-15,40H2,1H3/t18-,19?,34+/m1/s1. The third-order valence-electron chi connectivity index (χ3n) is 10.4. The van der Waals surface area contributed by atoms with Crippen LogP contribution in [0.4, 0.5) is 28.8 Å². The smallest absolute Gasteiger partial charge is 0.346 e. The number of amides is 1. The highest BCUT2D eigenvalue weighted by Crippen LogP contribution is 2.46. The van der Waals surface area contributed by atoms with Crippen molar-refractivity contribution in [1.29, 1.82) is 5.26 Å². The Bertz CT molecular complexity index is 2230. The number of fused-ring (bicyclic) bond motifs is 3. The minimum Gasteiger partial charge on any atom is -0.461 e. The summed E-state index contributed by atoms with van der Waals surface area (Å²) in [5, 5.41) is 14.4. The van der Waals surface area contributed by atoms with Gasteiger partial charge in [-0.05, 0) is 50.4 Å². The fourth-order valence-corrected chi connectivity index (χ4v) is 9.29. The summed E-state index contributed by atoms with van der Waals surface area (Å²) in [4.78, 5) is 32.2. The van der Waals surface area contributed by atoms with Crippen molar-refractivity contribution in [2.75, 3.05) is 50.0 Å². The Balaban J connectivity index is 1.24. The molecule has 12 nitrogen and oxygen atoms in total. The van der Waals surface area contributed by atoms with Crippen LogP contribution in [0.3, 0.4) is 0 Å². The zero-order valence-electron chi connectivity index (χ0n) is 27.5. The van der Waals surface area contributed by atoms with Crippen LogP contribution in [-0.2, 0) is 0 Å². The van der Waals surface area contributed by atoms with Gasteiger partial charge in [-0.1, -0.05) is 17.7 Å². The van der Waals surface area contributed by atoms with Crippen LogP contribution in [0.1, 0.15) is 38.2 Å². The van der Waals surface area contributed by atoms with Gasteiger partial charge in [0, 0.05) is 48.9 Å². The van der Waals surface area contributed by atoms with Crippen LogP contribution in [0.5, 0.6) is 6.01 Å². The molecule has 8 rings (SSSR count). The van der Waals surface area contributed by atoms with Gasteiger partial charge < -0.3 is 20.3 Å². The average molecular weight is 737 g/mol. The molecule has 3 atom stereocenters. The largest absolute Gasteiger partial charge is 0.461 e. The molecular weight excluding hydrogens is 705 g/mol. The topological polar surface area (TPSA) is 142 Å². The number of carbonyl (C=O) groups excluding carboxylic acids is 1. The summed E-state index contributed by atoms with van der Waals surface area (Å²) in [5.41, 5.74) is 5.61. The van der Waals surface area contributed by atoms with Gasteiger partial charge in [0.2, 0.25) is 0 Å². The number of ether oxygens (including phenoxy) is 1. The molecule has 1 unspecified atom stereocenters. The molecule has 2 aromatic carbocycles. The number of anilines is 2. The van der Waals surface area contributed by atoms with Gasteiger partial charge in [-0.2, -0.15) is 25.0 Å². The molecule has 6 heterocycles. The second-order valence-corrected chi connectivity index (χ2v) is 14.6. The van der Waals surface area contributed by atoms with Gasteiger partial charge in [0.25, 0.3) is 0 Å². The molecule has 0 saturated carbocycles. The Labute approximate surface area is 299 Å². The number of carbonyl (C=O) groups is 1. The number of aromatic nitrogens is 5. The molecular formula is C34H32ClF3N10O2S. The number of hydrogen-bond acceptors (Lipinski definition) is 11. The first-order valence-electron chi connectivity index (χ1n) is 16.7. The third-order valence-corrected chi connectivity index (χ3v) is 11.7. The lowest BCUT2D eigenvalue weighted by Crippen LogP contribution is -2.44. The minimum absolute atomic E-state index is 0.00666. The molecule has 17 heteroatoms. The molecule has 51 heavy (non-hydrogen) atoms. The molecule has 0 radical (unpaired) electrons. The van der Waals surface area contributed by atoms with Crippen LogP contribution in [-0.4, -0.2) is 97.6 Å². The van der Waals surface area contributed by atoms with Crippen molar-refractivity contribution < 1.29 is 22.7 Å². The maximum atomic E-state index is 17.1. The summed E-state index contributed by atoms with van der Waals surface area (Å²) in [6.45, 7) is 4.35. The SMILES string of the molecule is CCN(C(=O)n1cncn1)C1CCN(c2nc(OC[C@@]34CCCN3C[C@H](F)C4)nc3c(F)c(-c4ccc(F)c5sc(N)c(C#N)c45)c(Cl)cc23)C1. The Morgan fingerprint density at radius 2 is 2.12 bits per heavy atom. The summed E-state index contributed by atoms with van der Waals surface area (Å²) < 4.78 is 54.1. The van der Waals surface area contributed by atoms with E-state index < -0.39 is 23.3 Å². The van der Waals surface area contributed by atoms with Gasteiger partial charge in [0.05, 0.1) is 26.9 Å². The fraction of sp³-hybridized carbons (Fsp3) is 0.412. The number of halogens is 4. The second kappa shape index (κ2) is 12.8. The van der Waals surface area contributed by atoms with Crippen LogP contribution in [0.25, 0.3) is 32.1 Å². The molecule has 3 fully saturated rings. The lowest BCUT2D eigenvalue weighted by Gasteiger charge is -2.31. The van der Waals surface area contributed by atoms with E-state index in [0.717, 1.165) is 30.7 Å². The Kier molecular flexibility index (Phi) is 8.39. The van der Waals surface area contributed by atoms with E-state index in [1.165, 1.54) is 29.5 Å². The van der Waals surface area contributed by atoms with Gasteiger partial charge in [-0.3, -0.25) is 4.90 Å². The van der Waals surface area contributed by atoms with Gasteiger partial charge in [0.15, 0.2) is 5.82 Å². The normalized spacial score (nSPS) is 21.8. The number of alkyl halides is 1. The van der Waals surface area contributed by atoms with E-state index in [-0.39, 0.29) is 67.0 Å². The first-order chi connectivity index (χ1) is 24.6. The van der Waals surface area contributed by atoms with Crippen molar-refractivity contribution >= 4 is 60.8 Å². The van der Waals surface area contributed by atoms with E-state index >= 15 is 4.39 Å². The van der Waals surface area contributed by atoms with E-state index in [2.05, 4.69) is 20.0 Å². The number of nitrogens with two attached hydrogens (primary N) is 1. The van der Waals surface area contributed by atoms with Crippen LogP contribution in [0.2, 0.25) is 5.02 Å². The van der Waals surface area contributed by atoms with Crippen molar-refractivity contribution in [3.05, 3.63) is 53.1 Å². The summed E-state index contributed by atoms with van der Waals surface area (Å²) in [5.74, 6) is -1.06.